The number of rotatable bonds is 6. The first kappa shape index (κ1) is 14.9. The molecular formula is C17H23ClN2O. The van der Waals surface area contributed by atoms with E-state index >= 15 is 0 Å². The highest BCUT2D eigenvalue weighted by atomic mass is 35.5. The smallest absolute Gasteiger partial charge is 0.227 e. The zero-order chi connectivity index (χ0) is 14.7. The van der Waals surface area contributed by atoms with Crippen LogP contribution < -0.4 is 5.32 Å². The number of nitrogens with zero attached hydrogens (tertiary/aromatic N) is 1. The van der Waals surface area contributed by atoms with Gasteiger partial charge in [-0.1, -0.05) is 23.7 Å². The molecule has 1 aromatic carbocycles. The monoisotopic (exact) mass is 306 g/mol. The molecule has 1 unspecified atom stereocenters. The topological polar surface area (TPSA) is 32.3 Å². The fourth-order valence-electron chi connectivity index (χ4n) is 3.00. The first-order chi connectivity index (χ1) is 10.2. The van der Waals surface area contributed by atoms with E-state index in [1.807, 2.05) is 24.3 Å². The Morgan fingerprint density at radius 1 is 1.29 bits per heavy atom. The van der Waals surface area contributed by atoms with Gasteiger partial charge in [0.1, 0.15) is 0 Å². The Balaban J connectivity index is 1.61. The van der Waals surface area contributed by atoms with Crippen molar-refractivity contribution in [1.29, 1.82) is 0 Å². The number of carbonyl (C=O) groups is 1. The van der Waals surface area contributed by atoms with E-state index in [4.69, 9.17) is 11.6 Å². The molecule has 0 bridgehead atoms. The van der Waals surface area contributed by atoms with Crippen LogP contribution in [-0.2, 0) is 11.2 Å². The maximum absolute atomic E-state index is 12.6. The Labute approximate surface area is 131 Å². The molecule has 1 saturated heterocycles. The van der Waals surface area contributed by atoms with E-state index in [0.717, 1.165) is 31.1 Å². The molecule has 3 nitrogen and oxygen atoms in total. The lowest BCUT2D eigenvalue weighted by molar-refractivity contribution is -0.131. The molecule has 21 heavy (non-hydrogen) atoms. The molecule has 4 heteroatoms. The van der Waals surface area contributed by atoms with Gasteiger partial charge < -0.3 is 10.2 Å². The molecule has 0 radical (unpaired) electrons. The lowest BCUT2D eigenvalue weighted by Gasteiger charge is -2.26. The van der Waals surface area contributed by atoms with Gasteiger partial charge in [-0.25, -0.2) is 0 Å². The molecule has 1 heterocycles. The van der Waals surface area contributed by atoms with E-state index < -0.39 is 0 Å². The van der Waals surface area contributed by atoms with Crippen molar-refractivity contribution in [2.24, 2.45) is 5.92 Å². The number of amides is 1. The molecule has 3 rings (SSSR count). The van der Waals surface area contributed by atoms with Gasteiger partial charge in [-0.15, -0.1) is 0 Å². The molecular weight excluding hydrogens is 284 g/mol. The first-order valence-electron chi connectivity index (χ1n) is 7.96. The number of nitrogens with one attached hydrogen (secondary N) is 1. The van der Waals surface area contributed by atoms with Crippen molar-refractivity contribution in [1.82, 2.24) is 10.2 Å². The molecule has 1 saturated carbocycles. The van der Waals surface area contributed by atoms with Crippen LogP contribution in [0.5, 0.6) is 0 Å². The van der Waals surface area contributed by atoms with Gasteiger partial charge in [0.15, 0.2) is 0 Å². The van der Waals surface area contributed by atoms with Crippen molar-refractivity contribution >= 4 is 17.5 Å². The predicted octanol–water partition coefficient (Wildman–Crippen LogP) is 2.87. The van der Waals surface area contributed by atoms with E-state index in [1.165, 1.54) is 25.7 Å². The summed E-state index contributed by atoms with van der Waals surface area (Å²) in [6.07, 6.45) is 5.42. The van der Waals surface area contributed by atoms with Crippen molar-refractivity contribution in [2.75, 3.05) is 19.6 Å². The molecule has 1 atom stereocenters. The van der Waals surface area contributed by atoms with Gasteiger partial charge in [-0.05, 0) is 55.8 Å². The summed E-state index contributed by atoms with van der Waals surface area (Å²) in [6, 6.07) is 8.11. The maximum Gasteiger partial charge on any atom is 0.227 e. The molecule has 0 spiro atoms. The van der Waals surface area contributed by atoms with Gasteiger partial charge in [-0.3, -0.25) is 4.79 Å². The summed E-state index contributed by atoms with van der Waals surface area (Å²) < 4.78 is 0. The zero-order valence-corrected chi connectivity index (χ0v) is 13.1. The maximum atomic E-state index is 12.6. The highest BCUT2D eigenvalue weighted by Gasteiger charge is 2.28. The van der Waals surface area contributed by atoms with Crippen LogP contribution in [0.3, 0.4) is 0 Å². The Morgan fingerprint density at radius 2 is 2.14 bits per heavy atom. The molecule has 1 amide bonds. The largest absolute Gasteiger partial charge is 0.341 e. The molecule has 1 N–H and O–H groups in total. The van der Waals surface area contributed by atoms with Crippen LogP contribution in [0.25, 0.3) is 0 Å². The third-order valence-corrected chi connectivity index (χ3v) is 4.61. The van der Waals surface area contributed by atoms with Gasteiger partial charge in [-0.2, -0.15) is 0 Å². The second-order valence-corrected chi connectivity index (χ2v) is 6.78. The fraction of sp³-hybridized carbons (Fsp3) is 0.588. The minimum Gasteiger partial charge on any atom is -0.341 e. The number of halogens is 1. The third-order valence-electron chi connectivity index (χ3n) is 4.38. The van der Waals surface area contributed by atoms with E-state index in [0.29, 0.717) is 17.5 Å². The van der Waals surface area contributed by atoms with Gasteiger partial charge in [0, 0.05) is 24.2 Å². The highest BCUT2D eigenvalue weighted by Crippen LogP contribution is 2.30. The molecule has 1 aromatic rings. The van der Waals surface area contributed by atoms with E-state index in [2.05, 4.69) is 10.2 Å². The number of hydrogen-bond acceptors (Lipinski definition) is 2. The van der Waals surface area contributed by atoms with E-state index in [-0.39, 0.29) is 5.91 Å². The highest BCUT2D eigenvalue weighted by molar-refractivity contribution is 6.30. The summed E-state index contributed by atoms with van der Waals surface area (Å²) in [4.78, 5) is 14.7. The Kier molecular flexibility index (Phi) is 4.81. The fourth-order valence-corrected chi connectivity index (χ4v) is 3.22. The molecule has 2 fully saturated rings. The van der Waals surface area contributed by atoms with Crippen molar-refractivity contribution < 1.29 is 4.79 Å². The molecule has 2 aliphatic rings. The number of carbonyl (C=O) groups excluding carboxylic acids is 1. The van der Waals surface area contributed by atoms with Crippen LogP contribution in [0.4, 0.5) is 0 Å². The van der Waals surface area contributed by atoms with Gasteiger partial charge >= 0.3 is 0 Å². The van der Waals surface area contributed by atoms with Crippen LogP contribution in [0.2, 0.25) is 5.02 Å². The molecule has 1 aliphatic carbocycles. The Bertz CT molecular complexity index is 495. The number of hydrogen-bond donors (Lipinski definition) is 1. The van der Waals surface area contributed by atoms with Gasteiger partial charge in [0.05, 0.1) is 6.42 Å². The van der Waals surface area contributed by atoms with Crippen molar-refractivity contribution in [3.8, 4) is 0 Å². The summed E-state index contributed by atoms with van der Waals surface area (Å²) in [5.74, 6) is 0.965. The minimum atomic E-state index is 0.234. The normalized spacial score (nSPS) is 21.5. The quantitative estimate of drug-likeness (QED) is 0.876. The lowest BCUT2D eigenvalue weighted by Crippen LogP contribution is -2.42. The van der Waals surface area contributed by atoms with E-state index in [1.54, 1.807) is 0 Å². The van der Waals surface area contributed by atoms with Crippen LogP contribution in [0, 0.1) is 5.92 Å². The standard InChI is InChI=1S/C17H23ClN2O/c18-15-4-1-3-14(9-15)10-17(21)20(11-13-6-7-13)12-16-5-2-8-19-16/h1,3-4,9,13,16,19H,2,5-8,10-12H2. The lowest BCUT2D eigenvalue weighted by atomic mass is 10.1. The average molecular weight is 307 g/mol. The van der Waals surface area contributed by atoms with Crippen molar-refractivity contribution in [3.05, 3.63) is 34.9 Å². The second kappa shape index (κ2) is 6.80. The van der Waals surface area contributed by atoms with Gasteiger partial charge in [0.2, 0.25) is 5.91 Å². The SMILES string of the molecule is O=C(Cc1cccc(Cl)c1)N(CC1CC1)CC1CCCN1. The summed E-state index contributed by atoms with van der Waals surface area (Å²) >= 11 is 6.00. The number of benzene rings is 1. The van der Waals surface area contributed by atoms with Crippen molar-refractivity contribution in [3.63, 3.8) is 0 Å². The Morgan fingerprint density at radius 3 is 2.81 bits per heavy atom. The van der Waals surface area contributed by atoms with Crippen LogP contribution in [-0.4, -0.2) is 36.5 Å². The summed E-state index contributed by atoms with van der Waals surface area (Å²) in [5.41, 5.74) is 1.01. The molecule has 0 aromatic heterocycles. The zero-order valence-electron chi connectivity index (χ0n) is 12.4. The summed E-state index contributed by atoms with van der Waals surface area (Å²) in [6.45, 7) is 2.87. The average Bonchev–Trinajstić information content (AvgIpc) is 3.12. The Hall–Kier alpha value is -1.06. The van der Waals surface area contributed by atoms with E-state index in [9.17, 15) is 4.79 Å². The summed E-state index contributed by atoms with van der Waals surface area (Å²) in [5, 5.41) is 4.19. The van der Waals surface area contributed by atoms with Crippen LogP contribution in [0.1, 0.15) is 31.2 Å². The van der Waals surface area contributed by atoms with Gasteiger partial charge in [0.25, 0.3) is 0 Å². The third kappa shape index (κ3) is 4.45. The van der Waals surface area contributed by atoms with Crippen LogP contribution in [0.15, 0.2) is 24.3 Å². The summed E-state index contributed by atoms with van der Waals surface area (Å²) in [7, 11) is 0. The predicted molar refractivity (Wildman–Crippen MR) is 85.5 cm³/mol. The molecule has 114 valence electrons. The first-order valence-corrected chi connectivity index (χ1v) is 8.34. The second-order valence-electron chi connectivity index (χ2n) is 6.34. The minimum absolute atomic E-state index is 0.234. The molecule has 1 aliphatic heterocycles. The van der Waals surface area contributed by atoms with Crippen molar-refractivity contribution in [2.45, 2.75) is 38.1 Å². The van der Waals surface area contributed by atoms with Crippen LogP contribution >= 0.6 is 11.6 Å².